The van der Waals surface area contributed by atoms with Gasteiger partial charge in [-0.05, 0) is 30.4 Å². The van der Waals surface area contributed by atoms with E-state index in [-0.39, 0.29) is 11.9 Å². The van der Waals surface area contributed by atoms with Gasteiger partial charge in [0, 0.05) is 12.1 Å². The zero-order valence-corrected chi connectivity index (χ0v) is 12.0. The van der Waals surface area contributed by atoms with Gasteiger partial charge in [-0.25, -0.2) is 4.39 Å². The van der Waals surface area contributed by atoms with E-state index in [9.17, 15) is 4.39 Å². The van der Waals surface area contributed by atoms with Crippen LogP contribution in [0.5, 0.6) is 5.75 Å². The normalized spacial score (nSPS) is 17.1. The molecule has 3 rings (SSSR count). The van der Waals surface area contributed by atoms with E-state index in [4.69, 9.17) is 10.5 Å². The maximum atomic E-state index is 14.1. The second-order valence-electron chi connectivity index (χ2n) is 5.36. The summed E-state index contributed by atoms with van der Waals surface area (Å²) >= 11 is 0. The van der Waals surface area contributed by atoms with Crippen LogP contribution in [0.15, 0.2) is 36.4 Å². The van der Waals surface area contributed by atoms with Crippen molar-refractivity contribution in [2.75, 3.05) is 18.2 Å². The number of hydrogen-bond donors (Lipinski definition) is 2. The lowest BCUT2D eigenvalue weighted by Gasteiger charge is -2.27. The Bertz CT molecular complexity index is 657. The number of nitrogens with one attached hydrogen (secondary N) is 1. The summed E-state index contributed by atoms with van der Waals surface area (Å²) in [4.78, 5) is 0. The monoisotopic (exact) mass is 286 g/mol. The van der Waals surface area contributed by atoms with Crippen molar-refractivity contribution in [3.05, 3.63) is 53.3 Å². The van der Waals surface area contributed by atoms with E-state index in [1.807, 2.05) is 12.1 Å². The lowest BCUT2D eigenvalue weighted by Crippen LogP contribution is -2.18. The first-order valence-corrected chi connectivity index (χ1v) is 7.16. The highest BCUT2D eigenvalue weighted by molar-refractivity contribution is 5.63. The van der Waals surface area contributed by atoms with E-state index in [0.29, 0.717) is 17.1 Å². The number of benzene rings is 2. The molecular weight excluding hydrogens is 267 g/mol. The van der Waals surface area contributed by atoms with Crippen LogP contribution in [0.2, 0.25) is 0 Å². The highest BCUT2D eigenvalue weighted by atomic mass is 19.1. The molecule has 1 unspecified atom stereocenters. The molecule has 21 heavy (non-hydrogen) atoms. The Kier molecular flexibility index (Phi) is 3.69. The molecule has 2 aromatic rings. The van der Waals surface area contributed by atoms with Gasteiger partial charge in [-0.1, -0.05) is 24.3 Å². The molecular formula is C17H19FN2O. The lowest BCUT2D eigenvalue weighted by molar-refractivity contribution is 0.416. The summed E-state index contributed by atoms with van der Waals surface area (Å²) in [6.45, 7) is 0. The molecule has 4 heteroatoms. The zero-order valence-electron chi connectivity index (χ0n) is 12.0. The number of fused-ring (bicyclic) bond motifs is 1. The zero-order chi connectivity index (χ0) is 14.8. The average Bonchev–Trinajstić information content (AvgIpc) is 2.50. The minimum Gasteiger partial charge on any atom is -0.495 e. The van der Waals surface area contributed by atoms with Gasteiger partial charge in [0.15, 0.2) is 0 Å². The van der Waals surface area contributed by atoms with Crippen molar-refractivity contribution in [2.45, 2.75) is 25.3 Å². The molecule has 3 N–H and O–H groups in total. The molecule has 1 atom stereocenters. The van der Waals surface area contributed by atoms with E-state index in [1.165, 1.54) is 24.3 Å². The Labute approximate surface area is 123 Å². The number of aryl methyl sites for hydroxylation is 1. The van der Waals surface area contributed by atoms with Crippen LogP contribution in [0.1, 0.15) is 30.0 Å². The highest BCUT2D eigenvalue weighted by Gasteiger charge is 2.21. The van der Waals surface area contributed by atoms with Gasteiger partial charge in [0.1, 0.15) is 11.6 Å². The van der Waals surface area contributed by atoms with Gasteiger partial charge in [-0.3, -0.25) is 0 Å². The fourth-order valence-corrected chi connectivity index (χ4v) is 2.95. The van der Waals surface area contributed by atoms with Crippen LogP contribution in [0.25, 0.3) is 0 Å². The minimum absolute atomic E-state index is 0.123. The van der Waals surface area contributed by atoms with Crippen LogP contribution >= 0.6 is 0 Å². The first-order chi connectivity index (χ1) is 10.2. The molecule has 0 fully saturated rings. The standard InChI is InChI=1S/C17H19FN2O/c1-21-17-10-16(13(18)9-14(17)19)20-15-8-4-6-11-5-2-3-7-12(11)15/h2-3,5,7,9-10,15,20H,4,6,8,19H2,1H3. The quantitative estimate of drug-likeness (QED) is 0.841. The van der Waals surface area contributed by atoms with Crippen molar-refractivity contribution >= 4 is 11.4 Å². The molecule has 0 aromatic heterocycles. The molecule has 1 aliphatic carbocycles. The van der Waals surface area contributed by atoms with Crippen LogP contribution in [0.3, 0.4) is 0 Å². The molecule has 0 amide bonds. The molecule has 110 valence electrons. The van der Waals surface area contributed by atoms with Gasteiger partial charge in [-0.2, -0.15) is 0 Å². The third-order valence-corrected chi connectivity index (χ3v) is 4.02. The summed E-state index contributed by atoms with van der Waals surface area (Å²) in [7, 11) is 1.53. The predicted molar refractivity (Wildman–Crippen MR) is 83.1 cm³/mol. The summed E-state index contributed by atoms with van der Waals surface area (Å²) in [6, 6.07) is 11.4. The van der Waals surface area contributed by atoms with Crippen molar-refractivity contribution in [2.24, 2.45) is 0 Å². The van der Waals surface area contributed by atoms with Crippen LogP contribution in [0.4, 0.5) is 15.8 Å². The largest absolute Gasteiger partial charge is 0.495 e. The van der Waals surface area contributed by atoms with Gasteiger partial charge < -0.3 is 15.8 Å². The molecule has 0 aliphatic heterocycles. The number of ether oxygens (including phenoxy) is 1. The van der Waals surface area contributed by atoms with Gasteiger partial charge in [0.2, 0.25) is 0 Å². The highest BCUT2D eigenvalue weighted by Crippen LogP contribution is 2.35. The maximum Gasteiger partial charge on any atom is 0.148 e. The smallest absolute Gasteiger partial charge is 0.148 e. The first kappa shape index (κ1) is 13.7. The Hall–Kier alpha value is -2.23. The van der Waals surface area contributed by atoms with Crippen molar-refractivity contribution in [1.82, 2.24) is 0 Å². The molecule has 2 aromatic carbocycles. The molecule has 0 spiro atoms. The van der Waals surface area contributed by atoms with E-state index >= 15 is 0 Å². The van der Waals surface area contributed by atoms with Crippen LogP contribution < -0.4 is 15.8 Å². The first-order valence-electron chi connectivity index (χ1n) is 7.16. The molecule has 0 saturated heterocycles. The van der Waals surface area contributed by atoms with Crippen molar-refractivity contribution in [1.29, 1.82) is 0 Å². The third kappa shape index (κ3) is 2.66. The summed E-state index contributed by atoms with van der Waals surface area (Å²) in [6.07, 6.45) is 3.17. The molecule has 0 radical (unpaired) electrons. The molecule has 0 saturated carbocycles. The van der Waals surface area contributed by atoms with Crippen molar-refractivity contribution in [3.63, 3.8) is 0 Å². The summed E-state index contributed by atoms with van der Waals surface area (Å²) in [5.41, 5.74) is 9.05. The van der Waals surface area contributed by atoms with Gasteiger partial charge in [0.25, 0.3) is 0 Å². The fourth-order valence-electron chi connectivity index (χ4n) is 2.95. The average molecular weight is 286 g/mol. The number of methoxy groups -OCH3 is 1. The van der Waals surface area contributed by atoms with E-state index in [1.54, 1.807) is 6.07 Å². The van der Waals surface area contributed by atoms with E-state index in [0.717, 1.165) is 19.3 Å². The van der Waals surface area contributed by atoms with Crippen LogP contribution in [-0.4, -0.2) is 7.11 Å². The second kappa shape index (κ2) is 5.64. The van der Waals surface area contributed by atoms with E-state index in [2.05, 4.69) is 17.4 Å². The van der Waals surface area contributed by atoms with E-state index < -0.39 is 0 Å². The maximum absolute atomic E-state index is 14.1. The van der Waals surface area contributed by atoms with Crippen LogP contribution in [-0.2, 0) is 6.42 Å². The molecule has 0 bridgehead atoms. The van der Waals surface area contributed by atoms with Gasteiger partial charge >= 0.3 is 0 Å². The minimum atomic E-state index is -0.351. The topological polar surface area (TPSA) is 47.3 Å². The number of nitrogens with two attached hydrogens (primary N) is 1. The number of anilines is 2. The Morgan fingerprint density at radius 1 is 1.29 bits per heavy atom. The second-order valence-corrected chi connectivity index (χ2v) is 5.36. The summed E-state index contributed by atoms with van der Waals surface area (Å²) in [5.74, 6) is 0.138. The van der Waals surface area contributed by atoms with Gasteiger partial charge in [0.05, 0.1) is 24.5 Å². The van der Waals surface area contributed by atoms with Gasteiger partial charge in [-0.15, -0.1) is 0 Å². The fraction of sp³-hybridized carbons (Fsp3) is 0.294. The molecule has 1 aliphatic rings. The van der Waals surface area contributed by atoms with Crippen molar-refractivity contribution in [3.8, 4) is 5.75 Å². The SMILES string of the molecule is COc1cc(NC2CCCc3ccccc32)c(F)cc1N. The number of halogens is 1. The Morgan fingerprint density at radius 2 is 2.10 bits per heavy atom. The number of hydrogen-bond acceptors (Lipinski definition) is 3. The number of nitrogen functional groups attached to an aromatic ring is 1. The Morgan fingerprint density at radius 3 is 2.90 bits per heavy atom. The predicted octanol–water partition coefficient (Wildman–Crippen LogP) is 3.91. The Balaban J connectivity index is 1.91. The number of rotatable bonds is 3. The third-order valence-electron chi connectivity index (χ3n) is 4.02. The lowest BCUT2D eigenvalue weighted by atomic mass is 9.87. The molecule has 0 heterocycles. The summed E-state index contributed by atoms with van der Waals surface area (Å²) in [5, 5.41) is 3.30. The summed E-state index contributed by atoms with van der Waals surface area (Å²) < 4.78 is 19.3. The molecule has 3 nitrogen and oxygen atoms in total. The van der Waals surface area contributed by atoms with Crippen LogP contribution in [0, 0.1) is 5.82 Å². The van der Waals surface area contributed by atoms with Crippen molar-refractivity contribution < 1.29 is 9.13 Å².